The predicted molar refractivity (Wildman–Crippen MR) is 108 cm³/mol. The second-order valence-corrected chi connectivity index (χ2v) is 7.14. The van der Waals surface area contributed by atoms with E-state index in [0.717, 1.165) is 16.2 Å². The fourth-order valence-electron chi connectivity index (χ4n) is 3.28. The van der Waals surface area contributed by atoms with Gasteiger partial charge in [-0.2, -0.15) is 0 Å². The third-order valence-electron chi connectivity index (χ3n) is 5.00. The SMILES string of the molecule is CCOc1ccc(CN(C)C(=O)CN2C(=O)N[C@](C)(c3ccccc3)C2=O)cc1. The van der Waals surface area contributed by atoms with E-state index in [1.807, 2.05) is 37.3 Å². The Morgan fingerprint density at radius 3 is 2.38 bits per heavy atom. The number of benzene rings is 2. The maximum absolute atomic E-state index is 12.9. The van der Waals surface area contributed by atoms with Crippen LogP contribution in [0.2, 0.25) is 0 Å². The van der Waals surface area contributed by atoms with Crippen LogP contribution in [0.5, 0.6) is 5.75 Å². The summed E-state index contributed by atoms with van der Waals surface area (Å²) in [7, 11) is 1.65. The highest BCUT2D eigenvalue weighted by atomic mass is 16.5. The number of hydrogen-bond acceptors (Lipinski definition) is 4. The minimum Gasteiger partial charge on any atom is -0.494 e. The van der Waals surface area contributed by atoms with Gasteiger partial charge in [0.15, 0.2) is 0 Å². The zero-order chi connectivity index (χ0) is 21.0. The van der Waals surface area contributed by atoms with Gasteiger partial charge in [0.1, 0.15) is 17.8 Å². The van der Waals surface area contributed by atoms with E-state index in [-0.39, 0.29) is 12.5 Å². The summed E-state index contributed by atoms with van der Waals surface area (Å²) in [4.78, 5) is 40.4. The topological polar surface area (TPSA) is 79.0 Å². The Balaban J connectivity index is 1.65. The number of carbonyl (C=O) groups is 3. The van der Waals surface area contributed by atoms with Crippen molar-refractivity contribution in [3.8, 4) is 5.75 Å². The molecular weight excluding hydrogens is 370 g/mol. The zero-order valence-electron chi connectivity index (χ0n) is 16.8. The Morgan fingerprint density at radius 1 is 1.10 bits per heavy atom. The average Bonchev–Trinajstić information content (AvgIpc) is 2.94. The molecule has 3 rings (SSSR count). The molecule has 1 atom stereocenters. The summed E-state index contributed by atoms with van der Waals surface area (Å²) in [6, 6.07) is 15.9. The first-order valence-corrected chi connectivity index (χ1v) is 9.50. The number of nitrogens with one attached hydrogen (secondary N) is 1. The van der Waals surface area contributed by atoms with Gasteiger partial charge >= 0.3 is 6.03 Å². The lowest BCUT2D eigenvalue weighted by Gasteiger charge is -2.23. The fraction of sp³-hybridized carbons (Fsp3) is 0.318. The smallest absolute Gasteiger partial charge is 0.325 e. The standard InChI is InChI=1S/C22H25N3O4/c1-4-29-18-12-10-16(11-13-18)14-24(3)19(26)15-25-20(27)22(2,23-21(25)28)17-8-6-5-7-9-17/h5-13H,4,14-15H2,1-3H3,(H,23,28)/t22-/m1/s1. The Bertz CT molecular complexity index is 898. The molecule has 1 N–H and O–H groups in total. The van der Waals surface area contributed by atoms with Crippen LogP contribution in [0.25, 0.3) is 0 Å². The fourth-order valence-corrected chi connectivity index (χ4v) is 3.28. The summed E-state index contributed by atoms with van der Waals surface area (Å²) in [5, 5.41) is 2.71. The molecule has 1 aliphatic rings. The van der Waals surface area contributed by atoms with Crippen LogP contribution in [0.3, 0.4) is 0 Å². The molecular formula is C22H25N3O4. The molecule has 0 saturated carbocycles. The number of amides is 4. The van der Waals surface area contributed by atoms with Crippen LogP contribution in [0.4, 0.5) is 4.79 Å². The Labute approximate surface area is 170 Å². The predicted octanol–water partition coefficient (Wildman–Crippen LogP) is 2.51. The van der Waals surface area contributed by atoms with Crippen molar-refractivity contribution in [3.05, 3.63) is 65.7 Å². The number of nitrogens with zero attached hydrogens (tertiary/aromatic N) is 2. The maximum Gasteiger partial charge on any atom is 0.325 e. The first-order chi connectivity index (χ1) is 13.8. The quantitative estimate of drug-likeness (QED) is 0.731. The molecule has 0 unspecified atom stereocenters. The van der Waals surface area contributed by atoms with Crippen LogP contribution in [0.1, 0.15) is 25.0 Å². The minimum atomic E-state index is -1.17. The first-order valence-electron chi connectivity index (χ1n) is 9.50. The van der Waals surface area contributed by atoms with Gasteiger partial charge in [0.25, 0.3) is 5.91 Å². The van der Waals surface area contributed by atoms with Gasteiger partial charge in [-0.1, -0.05) is 42.5 Å². The molecule has 152 valence electrons. The van der Waals surface area contributed by atoms with E-state index >= 15 is 0 Å². The van der Waals surface area contributed by atoms with Crippen molar-refractivity contribution in [3.63, 3.8) is 0 Å². The lowest BCUT2D eigenvalue weighted by Crippen LogP contribution is -2.43. The van der Waals surface area contributed by atoms with Gasteiger partial charge in [-0.15, -0.1) is 0 Å². The van der Waals surface area contributed by atoms with Crippen molar-refractivity contribution in [2.24, 2.45) is 0 Å². The lowest BCUT2D eigenvalue weighted by molar-refractivity contribution is -0.138. The van der Waals surface area contributed by atoms with Crippen LogP contribution in [0.15, 0.2) is 54.6 Å². The summed E-state index contributed by atoms with van der Waals surface area (Å²) in [6.45, 7) is 4.21. The molecule has 0 aliphatic carbocycles. The normalized spacial score (nSPS) is 18.5. The molecule has 1 heterocycles. The summed E-state index contributed by atoms with van der Waals surface area (Å²) in [5.41, 5.74) is 0.429. The average molecular weight is 395 g/mol. The highest BCUT2D eigenvalue weighted by molar-refractivity contribution is 6.09. The van der Waals surface area contributed by atoms with E-state index in [4.69, 9.17) is 4.74 Å². The molecule has 7 nitrogen and oxygen atoms in total. The Hall–Kier alpha value is -3.35. The van der Waals surface area contributed by atoms with Gasteiger partial charge in [0.05, 0.1) is 6.61 Å². The molecule has 0 aromatic heterocycles. The van der Waals surface area contributed by atoms with Gasteiger partial charge in [0.2, 0.25) is 5.91 Å². The molecule has 0 bridgehead atoms. The number of imide groups is 1. The van der Waals surface area contributed by atoms with Crippen molar-refractivity contribution in [1.82, 2.24) is 15.1 Å². The van der Waals surface area contributed by atoms with Crippen LogP contribution in [0, 0.1) is 0 Å². The van der Waals surface area contributed by atoms with E-state index in [1.54, 1.807) is 38.2 Å². The second kappa shape index (κ2) is 8.34. The molecule has 1 fully saturated rings. The number of carbonyl (C=O) groups excluding carboxylic acids is 3. The van der Waals surface area contributed by atoms with Crippen molar-refractivity contribution in [2.75, 3.05) is 20.2 Å². The van der Waals surface area contributed by atoms with Crippen LogP contribution < -0.4 is 10.1 Å². The molecule has 7 heteroatoms. The lowest BCUT2D eigenvalue weighted by atomic mass is 9.92. The Kier molecular flexibility index (Phi) is 5.87. The Morgan fingerprint density at radius 2 is 1.76 bits per heavy atom. The van der Waals surface area contributed by atoms with Gasteiger partial charge in [-0.05, 0) is 37.1 Å². The molecule has 2 aromatic carbocycles. The van der Waals surface area contributed by atoms with Crippen molar-refractivity contribution in [2.45, 2.75) is 25.9 Å². The minimum absolute atomic E-state index is 0.305. The molecule has 29 heavy (non-hydrogen) atoms. The van der Waals surface area contributed by atoms with E-state index in [2.05, 4.69) is 5.32 Å². The third-order valence-corrected chi connectivity index (χ3v) is 5.00. The molecule has 1 aliphatic heterocycles. The van der Waals surface area contributed by atoms with E-state index in [1.165, 1.54) is 4.90 Å². The highest BCUT2D eigenvalue weighted by Gasteiger charge is 2.49. The molecule has 4 amide bonds. The van der Waals surface area contributed by atoms with E-state index < -0.39 is 17.5 Å². The number of rotatable bonds is 7. The second-order valence-electron chi connectivity index (χ2n) is 7.14. The van der Waals surface area contributed by atoms with Crippen molar-refractivity contribution < 1.29 is 19.1 Å². The van der Waals surface area contributed by atoms with Crippen LogP contribution >= 0.6 is 0 Å². The van der Waals surface area contributed by atoms with Gasteiger partial charge < -0.3 is 15.0 Å². The maximum atomic E-state index is 12.9. The van der Waals surface area contributed by atoms with Crippen molar-refractivity contribution >= 4 is 17.8 Å². The summed E-state index contributed by atoms with van der Waals surface area (Å²) < 4.78 is 5.41. The molecule has 0 radical (unpaired) electrons. The van der Waals surface area contributed by atoms with Gasteiger partial charge in [-0.3, -0.25) is 14.5 Å². The number of likely N-dealkylation sites (N-methyl/N-ethyl adjacent to an activating group) is 1. The summed E-state index contributed by atoms with van der Waals surface area (Å²) in [6.07, 6.45) is 0. The summed E-state index contributed by atoms with van der Waals surface area (Å²) >= 11 is 0. The number of hydrogen-bond donors (Lipinski definition) is 1. The van der Waals surface area contributed by atoms with Crippen molar-refractivity contribution in [1.29, 1.82) is 0 Å². The van der Waals surface area contributed by atoms with Gasteiger partial charge in [0, 0.05) is 13.6 Å². The molecule has 1 saturated heterocycles. The summed E-state index contributed by atoms with van der Waals surface area (Å²) in [5.74, 6) is 0.0148. The molecule has 2 aromatic rings. The highest BCUT2D eigenvalue weighted by Crippen LogP contribution is 2.28. The monoisotopic (exact) mass is 395 g/mol. The number of ether oxygens (including phenoxy) is 1. The van der Waals surface area contributed by atoms with E-state index in [0.29, 0.717) is 18.7 Å². The van der Waals surface area contributed by atoms with Crippen LogP contribution in [-0.4, -0.2) is 47.8 Å². The third kappa shape index (κ3) is 4.23. The van der Waals surface area contributed by atoms with Crippen LogP contribution in [-0.2, 0) is 21.7 Å². The zero-order valence-corrected chi connectivity index (χ0v) is 16.8. The van der Waals surface area contributed by atoms with Gasteiger partial charge in [-0.25, -0.2) is 4.79 Å². The largest absolute Gasteiger partial charge is 0.494 e. The van der Waals surface area contributed by atoms with E-state index in [9.17, 15) is 14.4 Å². The number of urea groups is 1. The first kappa shape index (κ1) is 20.4. The molecule has 0 spiro atoms.